The van der Waals surface area contributed by atoms with Gasteiger partial charge >= 0.3 is 0 Å². The van der Waals surface area contributed by atoms with Gasteiger partial charge in [0.2, 0.25) is 0 Å². The molecule has 0 aromatic carbocycles. The molecule has 0 spiro atoms. The predicted octanol–water partition coefficient (Wildman–Crippen LogP) is 1.70. The summed E-state index contributed by atoms with van der Waals surface area (Å²) in [7, 11) is 0. The molecule has 1 rings (SSSR count). The van der Waals surface area contributed by atoms with Crippen molar-refractivity contribution in [2.75, 3.05) is 0 Å². The van der Waals surface area contributed by atoms with Crippen LogP contribution in [0.4, 0.5) is 0 Å². The van der Waals surface area contributed by atoms with Gasteiger partial charge in [-0.2, -0.15) is 10.4 Å². The van der Waals surface area contributed by atoms with Crippen molar-refractivity contribution in [2.45, 2.75) is 13.5 Å². The highest BCUT2D eigenvalue weighted by Gasteiger charge is 2.01. The maximum Gasteiger partial charge on any atom is 0.0785 e. The summed E-state index contributed by atoms with van der Waals surface area (Å²) in [5.74, 6) is -0.0223. The lowest BCUT2D eigenvalue weighted by Gasteiger charge is -2.00. The van der Waals surface area contributed by atoms with E-state index in [1.54, 1.807) is 17.1 Å². The Hall–Kier alpha value is -1.01. The van der Waals surface area contributed by atoms with E-state index in [0.29, 0.717) is 11.6 Å². The van der Waals surface area contributed by atoms with Crippen LogP contribution in [0.3, 0.4) is 0 Å². The summed E-state index contributed by atoms with van der Waals surface area (Å²) < 4.78 is 1.66. The van der Waals surface area contributed by atoms with E-state index in [-0.39, 0.29) is 5.92 Å². The van der Waals surface area contributed by atoms with Crippen LogP contribution in [0.25, 0.3) is 0 Å². The topological polar surface area (TPSA) is 41.6 Å². The van der Waals surface area contributed by atoms with Crippen LogP contribution in [0.2, 0.25) is 5.02 Å². The average Bonchev–Trinajstić information content (AvgIpc) is 2.35. The first-order valence-corrected chi connectivity index (χ1v) is 3.67. The molecule has 3 nitrogen and oxygen atoms in total. The van der Waals surface area contributed by atoms with Crippen LogP contribution in [0.15, 0.2) is 12.4 Å². The van der Waals surface area contributed by atoms with E-state index in [2.05, 4.69) is 11.2 Å². The smallest absolute Gasteiger partial charge is 0.0785 e. The third-order valence-corrected chi connectivity index (χ3v) is 1.48. The molecule has 0 aliphatic rings. The molecular weight excluding hydrogens is 162 g/mol. The summed E-state index contributed by atoms with van der Waals surface area (Å²) >= 11 is 5.62. The van der Waals surface area contributed by atoms with Crippen LogP contribution in [0.1, 0.15) is 6.92 Å². The highest BCUT2D eigenvalue weighted by atomic mass is 35.5. The molecule has 0 amide bonds. The first-order chi connectivity index (χ1) is 5.22. The summed E-state index contributed by atoms with van der Waals surface area (Å²) in [6, 6.07) is 2.12. The van der Waals surface area contributed by atoms with Gasteiger partial charge < -0.3 is 0 Å². The van der Waals surface area contributed by atoms with Gasteiger partial charge in [0.25, 0.3) is 0 Å². The van der Waals surface area contributed by atoms with Gasteiger partial charge in [-0.25, -0.2) is 0 Å². The molecule has 1 aromatic rings. The van der Waals surface area contributed by atoms with Crippen molar-refractivity contribution in [2.24, 2.45) is 5.92 Å². The molecular formula is C7H8ClN3. The number of halogens is 1. The molecule has 0 saturated heterocycles. The van der Waals surface area contributed by atoms with Crippen molar-refractivity contribution in [3.8, 4) is 6.07 Å². The van der Waals surface area contributed by atoms with E-state index in [1.807, 2.05) is 6.92 Å². The van der Waals surface area contributed by atoms with Crippen LogP contribution < -0.4 is 0 Å². The zero-order valence-corrected chi connectivity index (χ0v) is 6.91. The number of hydrogen-bond donors (Lipinski definition) is 0. The zero-order valence-electron chi connectivity index (χ0n) is 6.16. The molecule has 4 heteroatoms. The van der Waals surface area contributed by atoms with Crippen molar-refractivity contribution in [3.05, 3.63) is 17.4 Å². The third kappa shape index (κ3) is 2.24. The zero-order chi connectivity index (χ0) is 8.27. The number of aromatic nitrogens is 2. The Labute approximate surface area is 70.2 Å². The highest BCUT2D eigenvalue weighted by molar-refractivity contribution is 6.30. The minimum Gasteiger partial charge on any atom is -0.270 e. The van der Waals surface area contributed by atoms with Gasteiger partial charge in [-0.3, -0.25) is 4.68 Å². The van der Waals surface area contributed by atoms with Crippen LogP contribution >= 0.6 is 11.6 Å². The summed E-state index contributed by atoms with van der Waals surface area (Å²) in [5.41, 5.74) is 0. The molecule has 11 heavy (non-hydrogen) atoms. The van der Waals surface area contributed by atoms with Gasteiger partial charge in [-0.05, 0) is 6.92 Å². The van der Waals surface area contributed by atoms with E-state index >= 15 is 0 Å². The van der Waals surface area contributed by atoms with Gasteiger partial charge in [-0.1, -0.05) is 11.6 Å². The molecule has 0 saturated carbocycles. The van der Waals surface area contributed by atoms with Gasteiger partial charge in [0.05, 0.1) is 29.8 Å². The summed E-state index contributed by atoms with van der Waals surface area (Å²) in [5, 5.41) is 13.0. The van der Waals surface area contributed by atoms with Gasteiger partial charge in [0, 0.05) is 6.20 Å². The normalized spacial score (nSPS) is 12.5. The van der Waals surface area contributed by atoms with E-state index in [1.165, 1.54) is 0 Å². The standard InChI is InChI=1S/C7H8ClN3/c1-6(2-9)4-11-5-7(8)3-10-11/h3,5-6H,4H2,1H3/t6-/m1/s1. The van der Waals surface area contributed by atoms with Crippen molar-refractivity contribution in [1.29, 1.82) is 5.26 Å². The Morgan fingerprint density at radius 3 is 3.09 bits per heavy atom. The Bertz CT molecular complexity index is 273. The average molecular weight is 170 g/mol. The molecule has 0 radical (unpaired) electrons. The lowest BCUT2D eigenvalue weighted by atomic mass is 10.2. The fourth-order valence-electron chi connectivity index (χ4n) is 0.760. The second-order valence-electron chi connectivity index (χ2n) is 2.41. The summed E-state index contributed by atoms with van der Waals surface area (Å²) in [4.78, 5) is 0. The van der Waals surface area contributed by atoms with E-state index in [0.717, 1.165) is 0 Å². The fourth-order valence-corrected chi connectivity index (χ4v) is 0.916. The largest absolute Gasteiger partial charge is 0.270 e. The van der Waals surface area contributed by atoms with Gasteiger partial charge in [-0.15, -0.1) is 0 Å². The van der Waals surface area contributed by atoms with Crippen molar-refractivity contribution in [1.82, 2.24) is 9.78 Å². The second-order valence-corrected chi connectivity index (χ2v) is 2.85. The molecule has 0 aliphatic carbocycles. The summed E-state index contributed by atoms with van der Waals surface area (Å²) in [6.45, 7) is 2.44. The monoisotopic (exact) mass is 169 g/mol. The molecule has 1 atom stereocenters. The fraction of sp³-hybridized carbons (Fsp3) is 0.429. The lowest BCUT2D eigenvalue weighted by Crippen LogP contribution is -2.05. The molecule has 1 heterocycles. The van der Waals surface area contributed by atoms with Crippen molar-refractivity contribution < 1.29 is 0 Å². The van der Waals surface area contributed by atoms with Crippen LogP contribution in [0.5, 0.6) is 0 Å². The first kappa shape index (κ1) is 8.09. The van der Waals surface area contributed by atoms with Crippen LogP contribution in [-0.2, 0) is 6.54 Å². The minimum absolute atomic E-state index is 0.0223. The van der Waals surface area contributed by atoms with Crippen LogP contribution in [-0.4, -0.2) is 9.78 Å². The molecule has 0 fully saturated rings. The van der Waals surface area contributed by atoms with E-state index in [9.17, 15) is 0 Å². The molecule has 1 aromatic heterocycles. The van der Waals surface area contributed by atoms with Gasteiger partial charge in [0.15, 0.2) is 0 Å². The van der Waals surface area contributed by atoms with E-state index in [4.69, 9.17) is 16.9 Å². The Morgan fingerprint density at radius 2 is 2.64 bits per heavy atom. The van der Waals surface area contributed by atoms with Crippen molar-refractivity contribution >= 4 is 11.6 Å². The Balaban J connectivity index is 2.59. The van der Waals surface area contributed by atoms with Crippen molar-refractivity contribution in [3.63, 3.8) is 0 Å². The number of hydrogen-bond acceptors (Lipinski definition) is 2. The quantitative estimate of drug-likeness (QED) is 0.676. The molecule has 58 valence electrons. The van der Waals surface area contributed by atoms with E-state index < -0.39 is 0 Å². The summed E-state index contributed by atoms with van der Waals surface area (Å²) in [6.07, 6.45) is 3.26. The maximum absolute atomic E-state index is 8.48. The molecule has 0 aliphatic heterocycles. The minimum atomic E-state index is -0.0223. The Morgan fingerprint density at radius 1 is 1.91 bits per heavy atom. The maximum atomic E-state index is 8.48. The number of rotatable bonds is 2. The van der Waals surface area contributed by atoms with Crippen LogP contribution in [0, 0.1) is 17.2 Å². The third-order valence-electron chi connectivity index (χ3n) is 1.28. The Kier molecular flexibility index (Phi) is 2.50. The molecule has 0 N–H and O–H groups in total. The lowest BCUT2D eigenvalue weighted by molar-refractivity contribution is 0.528. The molecule has 0 bridgehead atoms. The second kappa shape index (κ2) is 3.40. The first-order valence-electron chi connectivity index (χ1n) is 3.30. The SMILES string of the molecule is C[C@H](C#N)Cn1cc(Cl)cn1. The highest BCUT2D eigenvalue weighted by Crippen LogP contribution is 2.06. The van der Waals surface area contributed by atoms with Gasteiger partial charge in [0.1, 0.15) is 0 Å². The predicted molar refractivity (Wildman–Crippen MR) is 42.0 cm³/mol. The number of nitriles is 1. The molecule has 0 unspecified atom stereocenters. The number of nitrogens with zero attached hydrogens (tertiary/aromatic N) is 3.